The Labute approximate surface area is 284 Å². The number of nitrogens with zero attached hydrogens (tertiary/aromatic N) is 1. The molecule has 0 saturated heterocycles. The largest absolute Gasteiger partial charge is 0.481 e. The Morgan fingerprint density at radius 1 is 0.896 bits per heavy atom. The smallest absolute Gasteiger partial charge is 0.303 e. The van der Waals surface area contributed by atoms with Gasteiger partial charge in [-0.25, -0.2) is 0 Å². The molecule has 250 valence electrons. The molecule has 0 fully saturated rings. The average Bonchev–Trinajstić information content (AvgIpc) is 3.24. The molecule has 0 saturated carbocycles. The van der Waals surface area contributed by atoms with Gasteiger partial charge in [-0.05, 0) is 76.4 Å². The van der Waals surface area contributed by atoms with Crippen molar-refractivity contribution >= 4 is 43.3 Å². The van der Waals surface area contributed by atoms with E-state index in [1.54, 1.807) is 12.1 Å². The predicted molar refractivity (Wildman–Crippen MR) is 197 cm³/mol. The number of aliphatic carboxylic acids is 1. The highest BCUT2D eigenvalue weighted by Gasteiger charge is 2.41. The molecule has 5 rings (SSSR count). The zero-order valence-corrected chi connectivity index (χ0v) is 29.3. The van der Waals surface area contributed by atoms with Crippen molar-refractivity contribution in [2.75, 3.05) is 11.4 Å². The molecule has 0 aromatic heterocycles. The normalized spacial score (nSPS) is 15.7. The Morgan fingerprint density at radius 3 is 2.35 bits per heavy atom. The van der Waals surface area contributed by atoms with E-state index in [2.05, 4.69) is 94.6 Å². The maximum absolute atomic E-state index is 12.2. The Balaban J connectivity index is 1.46. The lowest BCUT2D eigenvalue weighted by Crippen LogP contribution is -2.27. The predicted octanol–water partition coefficient (Wildman–Crippen LogP) is 9.82. The van der Waals surface area contributed by atoms with Crippen LogP contribution in [0.15, 0.2) is 120 Å². The second-order valence-corrected chi connectivity index (χ2v) is 15.1. The van der Waals surface area contributed by atoms with Gasteiger partial charge < -0.3 is 10.0 Å². The third-order valence-electron chi connectivity index (χ3n) is 9.74. The molecular formula is C41H45NO5S. The molecule has 1 aliphatic rings. The lowest BCUT2D eigenvalue weighted by atomic mass is 9.74. The number of unbranched alkanes of at least 4 members (excludes halogenated alkanes) is 2. The van der Waals surface area contributed by atoms with E-state index in [1.807, 2.05) is 30.4 Å². The van der Waals surface area contributed by atoms with Crippen LogP contribution in [-0.4, -0.2) is 30.6 Å². The number of aryl methyl sites for hydroxylation is 1. The first-order valence-corrected chi connectivity index (χ1v) is 17.9. The van der Waals surface area contributed by atoms with Crippen LogP contribution < -0.4 is 4.90 Å². The third kappa shape index (κ3) is 6.75. The van der Waals surface area contributed by atoms with Crippen molar-refractivity contribution in [3.8, 4) is 0 Å². The Hall–Kier alpha value is -4.46. The minimum atomic E-state index is -4.41. The summed E-state index contributed by atoms with van der Waals surface area (Å²) in [7, 11) is -4.41. The molecule has 7 heteroatoms. The second kappa shape index (κ2) is 13.6. The van der Waals surface area contributed by atoms with Crippen LogP contribution in [-0.2, 0) is 25.7 Å². The van der Waals surface area contributed by atoms with Crippen LogP contribution in [0.1, 0.15) is 70.1 Å². The number of carbonyl (C=O) groups is 1. The summed E-state index contributed by atoms with van der Waals surface area (Å²) in [5.74, 6) is -0.791. The molecule has 0 bridgehead atoms. The molecule has 0 spiro atoms. The van der Waals surface area contributed by atoms with Crippen LogP contribution >= 0.6 is 0 Å². The van der Waals surface area contributed by atoms with Gasteiger partial charge in [-0.3, -0.25) is 9.35 Å². The van der Waals surface area contributed by atoms with Gasteiger partial charge in [0.1, 0.15) is 4.90 Å². The highest BCUT2D eigenvalue weighted by molar-refractivity contribution is 7.86. The van der Waals surface area contributed by atoms with Gasteiger partial charge in [-0.15, -0.1) is 0 Å². The first kappa shape index (κ1) is 34.9. The second-order valence-electron chi connectivity index (χ2n) is 13.7. The van der Waals surface area contributed by atoms with E-state index in [-0.39, 0.29) is 16.7 Å². The quantitative estimate of drug-likeness (QED) is 0.0890. The van der Waals surface area contributed by atoms with Crippen molar-refractivity contribution in [2.45, 2.75) is 76.0 Å². The monoisotopic (exact) mass is 663 g/mol. The fourth-order valence-electron chi connectivity index (χ4n) is 7.24. The van der Waals surface area contributed by atoms with Gasteiger partial charge in [-0.2, -0.15) is 8.42 Å². The van der Waals surface area contributed by atoms with E-state index >= 15 is 0 Å². The maximum atomic E-state index is 12.2. The number of carboxylic acid groups (broad SMARTS) is 1. The van der Waals surface area contributed by atoms with Crippen molar-refractivity contribution in [3.05, 3.63) is 132 Å². The molecule has 4 aromatic carbocycles. The summed E-state index contributed by atoms with van der Waals surface area (Å²) in [6.45, 7) is 16.0. The van der Waals surface area contributed by atoms with Gasteiger partial charge >= 0.3 is 5.97 Å². The van der Waals surface area contributed by atoms with Crippen LogP contribution in [0.25, 0.3) is 21.5 Å². The summed E-state index contributed by atoms with van der Waals surface area (Å²) in [6, 6.07) is 21.5. The summed E-state index contributed by atoms with van der Waals surface area (Å²) in [5.41, 5.74) is 5.75. The number of rotatable bonds is 12. The van der Waals surface area contributed by atoms with Gasteiger partial charge in [0.05, 0.1) is 0 Å². The van der Waals surface area contributed by atoms with E-state index in [4.69, 9.17) is 5.11 Å². The summed E-state index contributed by atoms with van der Waals surface area (Å²) in [6.07, 6.45) is 12.5. The molecule has 1 heterocycles. The van der Waals surface area contributed by atoms with E-state index in [9.17, 15) is 17.8 Å². The van der Waals surface area contributed by atoms with Crippen LogP contribution in [0.5, 0.6) is 0 Å². The SMILES string of the molecule is C=C(/C=C/C=C/C=C1/N(CCCCCC(=O)O)c2ccc3c(S(=O)(=O)O)cccc3c2C1(C)C)C(C)(C)c1c(C)ccc2ccccc12. The van der Waals surface area contributed by atoms with Crippen molar-refractivity contribution in [1.29, 1.82) is 0 Å². The molecule has 0 aliphatic carbocycles. The molecular weight excluding hydrogens is 619 g/mol. The number of anilines is 1. The zero-order valence-electron chi connectivity index (χ0n) is 28.5. The van der Waals surface area contributed by atoms with Gasteiger partial charge in [0.25, 0.3) is 10.1 Å². The molecule has 6 nitrogen and oxygen atoms in total. The Morgan fingerprint density at radius 2 is 1.62 bits per heavy atom. The number of allylic oxidation sites excluding steroid dienone is 7. The zero-order chi connectivity index (χ0) is 34.9. The van der Waals surface area contributed by atoms with Crippen molar-refractivity contribution in [2.24, 2.45) is 0 Å². The molecule has 4 aromatic rings. The lowest BCUT2D eigenvalue weighted by Gasteiger charge is -2.30. The Bertz CT molecular complexity index is 2100. The van der Waals surface area contributed by atoms with E-state index < -0.39 is 21.5 Å². The van der Waals surface area contributed by atoms with Gasteiger partial charge in [-0.1, -0.05) is 120 Å². The molecule has 0 atom stereocenters. The average molecular weight is 664 g/mol. The lowest BCUT2D eigenvalue weighted by molar-refractivity contribution is -0.137. The molecule has 0 radical (unpaired) electrons. The van der Waals surface area contributed by atoms with E-state index in [1.165, 1.54) is 28.0 Å². The number of carboxylic acids is 1. The summed E-state index contributed by atoms with van der Waals surface area (Å²) >= 11 is 0. The van der Waals surface area contributed by atoms with Gasteiger partial charge in [0.15, 0.2) is 0 Å². The van der Waals surface area contributed by atoms with Crippen LogP contribution in [0, 0.1) is 6.92 Å². The molecule has 0 amide bonds. The number of hydrogen-bond donors (Lipinski definition) is 2. The summed E-state index contributed by atoms with van der Waals surface area (Å²) < 4.78 is 34.4. The molecule has 48 heavy (non-hydrogen) atoms. The van der Waals surface area contributed by atoms with Crippen molar-refractivity contribution in [3.63, 3.8) is 0 Å². The van der Waals surface area contributed by atoms with Gasteiger partial charge in [0, 0.05) is 40.6 Å². The number of benzene rings is 4. The minimum absolute atomic E-state index is 0.108. The fourth-order valence-corrected chi connectivity index (χ4v) is 7.95. The first-order chi connectivity index (χ1) is 22.7. The van der Waals surface area contributed by atoms with E-state index in [0.717, 1.165) is 40.7 Å². The highest BCUT2D eigenvalue weighted by Crippen LogP contribution is 2.51. The molecule has 1 aliphatic heterocycles. The third-order valence-corrected chi connectivity index (χ3v) is 10.6. The fraction of sp³-hybridized carbons (Fsp3) is 0.293. The van der Waals surface area contributed by atoms with Crippen LogP contribution in [0.2, 0.25) is 0 Å². The van der Waals surface area contributed by atoms with Crippen LogP contribution in [0.3, 0.4) is 0 Å². The summed E-state index contributed by atoms with van der Waals surface area (Å²) in [5, 5.41) is 12.8. The molecule has 0 unspecified atom stereocenters. The number of fused-ring (bicyclic) bond motifs is 4. The Kier molecular flexibility index (Phi) is 9.86. The van der Waals surface area contributed by atoms with Gasteiger partial charge in [0.2, 0.25) is 0 Å². The van der Waals surface area contributed by atoms with E-state index in [0.29, 0.717) is 18.4 Å². The first-order valence-electron chi connectivity index (χ1n) is 16.4. The minimum Gasteiger partial charge on any atom is -0.481 e. The van der Waals surface area contributed by atoms with Crippen molar-refractivity contribution in [1.82, 2.24) is 0 Å². The number of hydrogen-bond acceptors (Lipinski definition) is 4. The topological polar surface area (TPSA) is 94.9 Å². The maximum Gasteiger partial charge on any atom is 0.303 e. The molecule has 2 N–H and O–H groups in total. The standard InChI is InChI=1S/C41H45NO5S/c1-28-23-24-30-17-12-13-18-31(30)38(28)40(3,4)29(2)16-9-7-10-21-36-41(5,6)39-33-19-15-20-35(48(45,46)47)32(33)25-26-34(39)42(36)27-14-8-11-22-37(43)44/h7,9-10,12-13,15-21,23-26H,2,8,11,14,22,27H2,1,3-6H3,(H,43,44)(H,45,46,47)/b10-7+,16-9+,36-21+. The highest BCUT2D eigenvalue weighted by atomic mass is 32.2. The van der Waals surface area contributed by atoms with Crippen LogP contribution in [0.4, 0.5) is 5.69 Å². The summed E-state index contributed by atoms with van der Waals surface area (Å²) in [4.78, 5) is 13.2. The van der Waals surface area contributed by atoms with Crippen molar-refractivity contribution < 1.29 is 22.9 Å².